The molecule has 8 heteroatoms. The van der Waals surface area contributed by atoms with Crippen molar-refractivity contribution >= 4 is 43.8 Å². The van der Waals surface area contributed by atoms with Gasteiger partial charge in [-0.05, 0) is 78.6 Å². The van der Waals surface area contributed by atoms with Crippen LogP contribution in [0.5, 0.6) is 0 Å². The number of hydrogen-bond donors (Lipinski definition) is 6. The zero-order chi connectivity index (χ0) is 28.6. The van der Waals surface area contributed by atoms with Gasteiger partial charge in [-0.15, -0.1) is 5.73 Å². The number of rotatable bonds is 6. The molecule has 0 radical (unpaired) electrons. The highest BCUT2D eigenvalue weighted by atomic mass is 79.9. The van der Waals surface area contributed by atoms with Crippen molar-refractivity contribution in [2.24, 2.45) is 11.5 Å². The number of hydrogen-bond acceptors (Lipinski definition) is 2. The van der Waals surface area contributed by atoms with Crippen molar-refractivity contribution < 1.29 is 0 Å². The Morgan fingerprint density at radius 1 is 0.821 bits per heavy atom. The van der Waals surface area contributed by atoms with Gasteiger partial charge in [-0.25, -0.2) is 0 Å². The molecule has 200 valence electrons. The molecule has 0 aliphatic heterocycles. The van der Waals surface area contributed by atoms with Gasteiger partial charge in [-0.2, -0.15) is 0 Å². The first-order valence-electron chi connectivity index (χ1n) is 12.4. The first-order valence-corrected chi connectivity index (χ1v) is 14.0. The van der Waals surface area contributed by atoms with Gasteiger partial charge in [0.15, 0.2) is 11.9 Å². The van der Waals surface area contributed by atoms with Crippen molar-refractivity contribution in [3.63, 3.8) is 0 Å². The fraction of sp³-hybridized carbons (Fsp3) is 0.194. The van der Waals surface area contributed by atoms with Gasteiger partial charge in [0.2, 0.25) is 0 Å². The van der Waals surface area contributed by atoms with Gasteiger partial charge in [-0.1, -0.05) is 75.5 Å². The van der Waals surface area contributed by atoms with Crippen LogP contribution in [-0.2, 0) is 6.42 Å². The monoisotopic (exact) mass is 646 g/mol. The molecule has 0 atom stereocenters. The topological polar surface area (TPSA) is 124 Å². The summed E-state index contributed by atoms with van der Waals surface area (Å²) in [5, 5.41) is 20.1. The van der Waals surface area contributed by atoms with Crippen LogP contribution in [0.3, 0.4) is 0 Å². The van der Waals surface area contributed by atoms with E-state index in [9.17, 15) is 0 Å². The Hall–Kier alpha value is -3.94. The predicted molar refractivity (Wildman–Crippen MR) is 170 cm³/mol. The standard InChI is InChI=1S/C29H26Br2N6.C2H6/c30-26-16-22(6-7-23(17-26)10-12-36-28(32)33)5-4-20-2-1-3-21(14-20)8-9-24-15-25(19-27(31)18-24)11-13-37-29(34)35;1-2/h1-3,6,14-19H,10-13H2,(H4,32,33,36)(H4,34,35,37);1-2H3. The molecule has 8 N–H and O–H groups in total. The first kappa shape index (κ1) is 31.3. The van der Waals surface area contributed by atoms with E-state index < -0.39 is 0 Å². The SMILES string of the molecule is CC.N=C(N)NCCC1=C=CC(C#Cc2cccc(C#Cc3cc(Br)cc(CCNC(=N)N)c3)c2)=CC(Br)=C1. The lowest BCUT2D eigenvalue weighted by atomic mass is 10.1. The van der Waals surface area contributed by atoms with E-state index in [1.807, 2.05) is 74.5 Å². The second kappa shape index (κ2) is 16.8. The fourth-order valence-electron chi connectivity index (χ4n) is 3.33. The van der Waals surface area contributed by atoms with Crippen LogP contribution < -0.4 is 22.1 Å². The van der Waals surface area contributed by atoms with Gasteiger partial charge in [-0.3, -0.25) is 10.8 Å². The average Bonchev–Trinajstić information content (AvgIpc) is 3.07. The normalized spacial score (nSPS) is 11.4. The summed E-state index contributed by atoms with van der Waals surface area (Å²) < 4.78 is 1.86. The van der Waals surface area contributed by atoms with Crippen molar-refractivity contribution in [2.45, 2.75) is 26.7 Å². The second-order valence-electron chi connectivity index (χ2n) is 8.05. The van der Waals surface area contributed by atoms with Gasteiger partial charge < -0.3 is 22.1 Å². The lowest BCUT2D eigenvalue weighted by Crippen LogP contribution is -2.31. The second-order valence-corrected chi connectivity index (χ2v) is 9.88. The minimum Gasteiger partial charge on any atom is -0.370 e. The smallest absolute Gasteiger partial charge is 0.185 e. The van der Waals surface area contributed by atoms with E-state index in [0.717, 1.165) is 48.8 Å². The molecule has 0 fully saturated rings. The molecule has 0 saturated heterocycles. The summed E-state index contributed by atoms with van der Waals surface area (Å²) >= 11 is 7.11. The van der Waals surface area contributed by atoms with Gasteiger partial charge in [0.1, 0.15) is 0 Å². The largest absolute Gasteiger partial charge is 0.370 e. The highest BCUT2D eigenvalue weighted by Crippen LogP contribution is 2.19. The zero-order valence-corrected chi connectivity index (χ0v) is 25.2. The van der Waals surface area contributed by atoms with Crippen LogP contribution in [0.15, 0.2) is 86.5 Å². The third kappa shape index (κ3) is 12.4. The van der Waals surface area contributed by atoms with E-state index in [-0.39, 0.29) is 11.9 Å². The maximum absolute atomic E-state index is 7.27. The predicted octanol–water partition coefficient (Wildman–Crippen LogP) is 5.43. The highest BCUT2D eigenvalue weighted by Gasteiger charge is 2.01. The molecule has 2 aromatic carbocycles. The van der Waals surface area contributed by atoms with E-state index in [4.69, 9.17) is 22.3 Å². The number of halogens is 2. The van der Waals surface area contributed by atoms with E-state index in [1.165, 1.54) is 0 Å². The van der Waals surface area contributed by atoms with Gasteiger partial charge >= 0.3 is 0 Å². The van der Waals surface area contributed by atoms with Crippen LogP contribution >= 0.6 is 31.9 Å². The Bertz CT molecular complexity index is 1460. The van der Waals surface area contributed by atoms with E-state index >= 15 is 0 Å². The molecule has 0 heterocycles. The van der Waals surface area contributed by atoms with Crippen LogP contribution in [-0.4, -0.2) is 25.0 Å². The summed E-state index contributed by atoms with van der Waals surface area (Å²) in [6, 6.07) is 13.9. The van der Waals surface area contributed by atoms with E-state index in [2.05, 4.69) is 71.9 Å². The first-order chi connectivity index (χ1) is 18.8. The van der Waals surface area contributed by atoms with Crippen molar-refractivity contribution in [1.82, 2.24) is 10.6 Å². The molecule has 0 unspecified atom stereocenters. The number of nitrogens with one attached hydrogen (secondary N) is 4. The Morgan fingerprint density at radius 2 is 1.44 bits per heavy atom. The molecule has 3 rings (SSSR count). The summed E-state index contributed by atoms with van der Waals surface area (Å²) in [5.41, 5.74) is 19.5. The quantitative estimate of drug-likeness (QED) is 0.108. The number of guanidine groups is 2. The number of benzene rings is 2. The van der Waals surface area contributed by atoms with Gasteiger partial charge in [0.25, 0.3) is 0 Å². The molecule has 0 saturated carbocycles. The summed E-state index contributed by atoms with van der Waals surface area (Å²) in [6.45, 7) is 5.15. The highest BCUT2D eigenvalue weighted by molar-refractivity contribution is 9.12. The van der Waals surface area contributed by atoms with Gasteiger partial charge in [0, 0.05) is 44.3 Å². The van der Waals surface area contributed by atoms with Gasteiger partial charge in [0.05, 0.1) is 0 Å². The summed E-state index contributed by atoms with van der Waals surface area (Å²) in [4.78, 5) is 0. The third-order valence-electron chi connectivity index (χ3n) is 4.98. The fourth-order valence-corrected chi connectivity index (χ4v) is 4.39. The molecule has 6 nitrogen and oxygen atoms in total. The average molecular weight is 648 g/mol. The number of nitrogens with two attached hydrogens (primary N) is 2. The summed E-state index contributed by atoms with van der Waals surface area (Å²) in [5.74, 6) is 12.8. The van der Waals surface area contributed by atoms with Crippen molar-refractivity contribution in [3.05, 3.63) is 109 Å². The van der Waals surface area contributed by atoms with E-state index in [0.29, 0.717) is 19.5 Å². The molecular weight excluding hydrogens is 616 g/mol. The molecule has 39 heavy (non-hydrogen) atoms. The third-order valence-corrected chi connectivity index (χ3v) is 5.90. The zero-order valence-electron chi connectivity index (χ0n) is 22.0. The molecule has 0 spiro atoms. The van der Waals surface area contributed by atoms with Crippen LogP contribution in [0.25, 0.3) is 0 Å². The molecule has 0 bridgehead atoms. The van der Waals surface area contributed by atoms with Crippen LogP contribution in [0.2, 0.25) is 0 Å². The Kier molecular flexibility index (Phi) is 13.5. The van der Waals surface area contributed by atoms with E-state index in [1.54, 1.807) is 0 Å². The molecular formula is C31H32Br2N6. The molecule has 0 aromatic heterocycles. The van der Waals surface area contributed by atoms with Crippen molar-refractivity contribution in [1.29, 1.82) is 10.8 Å². The Labute approximate surface area is 248 Å². The van der Waals surface area contributed by atoms with Crippen molar-refractivity contribution in [2.75, 3.05) is 13.1 Å². The lowest BCUT2D eigenvalue weighted by molar-refractivity contribution is 0.853. The minimum absolute atomic E-state index is 0.0339. The van der Waals surface area contributed by atoms with Crippen LogP contribution in [0.1, 0.15) is 42.5 Å². The summed E-state index contributed by atoms with van der Waals surface area (Å²) in [6.07, 6.45) is 7.22. The maximum Gasteiger partial charge on any atom is 0.185 e. The lowest BCUT2D eigenvalue weighted by Gasteiger charge is -2.05. The number of allylic oxidation sites excluding steroid dienone is 4. The molecule has 1 aliphatic rings. The Balaban J connectivity index is 0.00000260. The maximum atomic E-state index is 7.27. The van der Waals surface area contributed by atoms with Crippen molar-refractivity contribution in [3.8, 4) is 23.7 Å². The molecule has 1 aliphatic carbocycles. The molecule has 0 amide bonds. The van der Waals surface area contributed by atoms with Crippen LogP contribution in [0.4, 0.5) is 0 Å². The Morgan fingerprint density at radius 3 is 2.10 bits per heavy atom. The summed E-state index contributed by atoms with van der Waals surface area (Å²) in [7, 11) is 0. The van der Waals surface area contributed by atoms with Crippen LogP contribution in [0, 0.1) is 34.5 Å². The minimum atomic E-state index is -0.0436. The molecule has 2 aromatic rings.